The molecule has 38 valence electrons. The van der Waals surface area contributed by atoms with Gasteiger partial charge in [-0.25, -0.2) is 0 Å². The normalized spacial score (nSPS) is 17.0. The minimum Gasteiger partial charge on any atom is -0.765 e. The van der Waals surface area contributed by atoms with Crippen molar-refractivity contribution < 1.29 is 17.1 Å². The van der Waals surface area contributed by atoms with Gasteiger partial charge in [-0.2, -0.15) is 0 Å². The van der Waals surface area contributed by atoms with Crippen LogP contribution in [0, 0.1) is 0 Å². The molecule has 1 aliphatic heterocycles. The van der Waals surface area contributed by atoms with Gasteiger partial charge < -0.3 is 17.6 Å². The van der Waals surface area contributed by atoms with E-state index < -0.39 is 0 Å². The molecule has 0 fully saturated rings. The summed E-state index contributed by atoms with van der Waals surface area (Å²) in [6, 6.07) is 0. The summed E-state index contributed by atoms with van der Waals surface area (Å²) < 4.78 is 0. The van der Waals surface area contributed by atoms with E-state index in [1.54, 1.807) is 0 Å². The summed E-state index contributed by atoms with van der Waals surface area (Å²) >= 11 is 4.62. The van der Waals surface area contributed by atoms with Crippen LogP contribution in [-0.4, -0.2) is 11.6 Å². The predicted octanol–water partition coefficient (Wildman–Crippen LogP) is 0.333. The van der Waals surface area contributed by atoms with Crippen LogP contribution in [0.2, 0.25) is 0 Å². The molecule has 1 heterocycles. The Kier molecular flexibility index (Phi) is 2.73. The second-order valence-corrected chi connectivity index (χ2v) is 1.50. The fraction of sp³-hybridized carbons (Fsp3) is 0.667. The molecule has 1 aliphatic rings. The van der Waals surface area contributed by atoms with Crippen molar-refractivity contribution >= 4 is 17.7 Å². The second kappa shape index (κ2) is 2.56. The van der Waals surface area contributed by atoms with Crippen molar-refractivity contribution in [1.82, 2.24) is 0 Å². The standard InChI is InChI=1S/C3H5NS.Cu/c5-3-1-2-4-3;/h1-2H2,(H,4,5);/q;+1/p-1. The zero-order valence-corrected chi connectivity index (χ0v) is 4.83. The first-order valence-electron chi connectivity index (χ1n) is 1.60. The fourth-order valence-electron chi connectivity index (χ4n) is 0.203. The largest absolute Gasteiger partial charge is 1.00 e. The quantitative estimate of drug-likeness (QED) is 0.357. The number of hydrogen-bond donors (Lipinski definition) is 0. The zero-order valence-electron chi connectivity index (χ0n) is 3.07. The summed E-state index contributed by atoms with van der Waals surface area (Å²) in [6.07, 6.45) is 1.05. The van der Waals surface area contributed by atoms with Crippen LogP contribution in [0.3, 0.4) is 0 Å². The van der Waals surface area contributed by atoms with E-state index in [9.17, 15) is 0 Å². The number of hydrogen-bond acceptors (Lipinski definition) is 2. The molecule has 1 nitrogen and oxygen atoms in total. The Morgan fingerprint density at radius 1 is 1.67 bits per heavy atom. The Bertz CT molecular complexity index is 71.2. The molecule has 0 bridgehead atoms. The van der Waals surface area contributed by atoms with Gasteiger partial charge in [0.25, 0.3) is 0 Å². The first-order chi connectivity index (χ1) is 2.39. The number of aliphatic imine (C=N–C) groups is 1. The second-order valence-electron chi connectivity index (χ2n) is 1.03. The van der Waals surface area contributed by atoms with Crippen LogP contribution in [0.1, 0.15) is 6.42 Å². The molecule has 0 aliphatic carbocycles. The van der Waals surface area contributed by atoms with Crippen molar-refractivity contribution in [2.45, 2.75) is 6.42 Å². The molecular formula is C3H4CuNS. The summed E-state index contributed by atoms with van der Waals surface area (Å²) in [5.41, 5.74) is 0. The van der Waals surface area contributed by atoms with Crippen molar-refractivity contribution in [3.05, 3.63) is 0 Å². The molecule has 3 heteroatoms. The monoisotopic (exact) mass is 149 g/mol. The van der Waals surface area contributed by atoms with E-state index in [0.717, 1.165) is 18.0 Å². The average Bonchev–Trinajstić information content (AvgIpc) is 1.30. The van der Waals surface area contributed by atoms with Gasteiger partial charge in [-0.1, -0.05) is 0 Å². The van der Waals surface area contributed by atoms with Gasteiger partial charge in [-0.15, -0.1) is 5.04 Å². The van der Waals surface area contributed by atoms with Crippen molar-refractivity contribution in [2.75, 3.05) is 6.54 Å². The summed E-state index contributed by atoms with van der Waals surface area (Å²) in [4.78, 5) is 3.80. The molecule has 0 aromatic rings. The third kappa shape index (κ3) is 1.25. The van der Waals surface area contributed by atoms with Gasteiger partial charge in [0.2, 0.25) is 0 Å². The molecule has 0 saturated carbocycles. The van der Waals surface area contributed by atoms with Crippen LogP contribution in [0.15, 0.2) is 4.99 Å². The smallest absolute Gasteiger partial charge is 0.765 e. The van der Waals surface area contributed by atoms with Gasteiger partial charge in [0.15, 0.2) is 0 Å². The van der Waals surface area contributed by atoms with E-state index in [2.05, 4.69) is 17.6 Å². The molecule has 0 aromatic carbocycles. The van der Waals surface area contributed by atoms with Gasteiger partial charge in [-0.3, -0.25) is 0 Å². The third-order valence-electron chi connectivity index (χ3n) is 0.614. The Labute approximate surface area is 53.1 Å². The molecule has 1 rings (SSSR count). The van der Waals surface area contributed by atoms with E-state index in [-0.39, 0.29) is 17.1 Å². The van der Waals surface area contributed by atoms with Gasteiger partial charge in [0.1, 0.15) is 0 Å². The van der Waals surface area contributed by atoms with Crippen LogP contribution in [-0.2, 0) is 29.7 Å². The molecule has 6 heavy (non-hydrogen) atoms. The van der Waals surface area contributed by atoms with Crippen LogP contribution in [0.4, 0.5) is 0 Å². The molecule has 0 aromatic heterocycles. The molecule has 0 spiro atoms. The molecular weight excluding hydrogens is 146 g/mol. The maximum absolute atomic E-state index is 4.62. The van der Waals surface area contributed by atoms with E-state index in [4.69, 9.17) is 0 Å². The van der Waals surface area contributed by atoms with Crippen LogP contribution in [0.25, 0.3) is 0 Å². The minimum absolute atomic E-state index is 0. The van der Waals surface area contributed by atoms with E-state index >= 15 is 0 Å². The molecule has 0 saturated heterocycles. The Balaban J connectivity index is 0.000000250. The summed E-state index contributed by atoms with van der Waals surface area (Å²) in [6.45, 7) is 0.971. The summed E-state index contributed by atoms with van der Waals surface area (Å²) in [5.74, 6) is 0. The number of rotatable bonds is 0. The van der Waals surface area contributed by atoms with Crippen LogP contribution < -0.4 is 0 Å². The van der Waals surface area contributed by atoms with Crippen molar-refractivity contribution in [3.8, 4) is 0 Å². The van der Waals surface area contributed by atoms with Crippen molar-refractivity contribution in [2.24, 2.45) is 4.99 Å². The first kappa shape index (κ1) is 6.41. The van der Waals surface area contributed by atoms with Gasteiger partial charge in [0, 0.05) is 6.54 Å². The number of nitrogens with zero attached hydrogens (tertiary/aromatic N) is 1. The van der Waals surface area contributed by atoms with Crippen molar-refractivity contribution in [3.63, 3.8) is 0 Å². The van der Waals surface area contributed by atoms with E-state index in [1.807, 2.05) is 0 Å². The molecule has 0 atom stereocenters. The Morgan fingerprint density at radius 2 is 2.00 bits per heavy atom. The topological polar surface area (TPSA) is 12.4 Å². The molecule has 0 amide bonds. The van der Waals surface area contributed by atoms with Crippen LogP contribution in [0.5, 0.6) is 0 Å². The van der Waals surface area contributed by atoms with Crippen LogP contribution >= 0.6 is 0 Å². The third-order valence-corrected chi connectivity index (χ3v) is 0.947. The SMILES string of the molecule is [Cu+].[S-]C1=NCC1. The predicted molar refractivity (Wildman–Crippen MR) is 24.3 cm³/mol. The van der Waals surface area contributed by atoms with E-state index in [1.165, 1.54) is 0 Å². The molecule has 0 radical (unpaired) electrons. The van der Waals surface area contributed by atoms with Gasteiger partial charge in [-0.05, 0) is 6.42 Å². The average molecular weight is 150 g/mol. The minimum atomic E-state index is 0. The maximum Gasteiger partial charge on any atom is 1.00 e. The van der Waals surface area contributed by atoms with E-state index in [0.29, 0.717) is 0 Å². The van der Waals surface area contributed by atoms with Gasteiger partial charge in [0.05, 0.1) is 0 Å². The molecule has 0 N–H and O–H groups in total. The summed E-state index contributed by atoms with van der Waals surface area (Å²) in [7, 11) is 0. The summed E-state index contributed by atoms with van der Waals surface area (Å²) in [5, 5.41) is 0.894. The van der Waals surface area contributed by atoms with Crippen molar-refractivity contribution in [1.29, 1.82) is 0 Å². The Morgan fingerprint density at radius 3 is 2.00 bits per heavy atom. The Hall–Kier alpha value is 0.409. The van der Waals surface area contributed by atoms with Gasteiger partial charge >= 0.3 is 17.1 Å². The zero-order chi connectivity index (χ0) is 3.70. The fourth-order valence-corrected chi connectivity index (χ4v) is 0.386. The maximum atomic E-state index is 4.62. The first-order valence-corrected chi connectivity index (χ1v) is 2.01. The molecule has 0 unspecified atom stereocenters.